The SMILES string of the molecule is COC(=O)c1ccc(N2CCN(CC3=C(c4ccc(Cl)cc4)CC(C)(C)CC3)CC2)cc1Oc1ccc(N(C(=O)OC(C)(C)C)C(=O)OC(C)(C)C)nc1. The van der Waals surface area contributed by atoms with Gasteiger partial charge in [0.25, 0.3) is 0 Å². The number of rotatable bonds is 8. The Kier molecular flexibility index (Phi) is 12.3. The maximum absolute atomic E-state index is 13.1. The molecular formula is C42H53ClN4O7. The first-order valence-corrected chi connectivity index (χ1v) is 18.8. The first kappa shape index (κ1) is 40.6. The van der Waals surface area contributed by atoms with E-state index in [1.54, 1.807) is 53.7 Å². The van der Waals surface area contributed by atoms with Crippen LogP contribution < -0.4 is 14.5 Å². The van der Waals surface area contributed by atoms with Gasteiger partial charge in [-0.1, -0.05) is 43.2 Å². The smallest absolute Gasteiger partial charge is 0.425 e. The van der Waals surface area contributed by atoms with Gasteiger partial charge in [-0.2, -0.15) is 4.90 Å². The average Bonchev–Trinajstić information content (AvgIpc) is 3.08. The molecular weight excluding hydrogens is 708 g/mol. The summed E-state index contributed by atoms with van der Waals surface area (Å²) in [6.07, 6.45) is 2.79. The summed E-state index contributed by atoms with van der Waals surface area (Å²) in [6, 6.07) is 16.7. The van der Waals surface area contributed by atoms with Crippen LogP contribution in [-0.4, -0.2) is 79.1 Å². The number of anilines is 2. The molecule has 290 valence electrons. The minimum absolute atomic E-state index is 0.0151. The number of esters is 1. The monoisotopic (exact) mass is 760 g/mol. The highest BCUT2D eigenvalue weighted by Gasteiger charge is 2.34. The van der Waals surface area contributed by atoms with Gasteiger partial charge in [0, 0.05) is 49.5 Å². The van der Waals surface area contributed by atoms with Gasteiger partial charge in [0.05, 0.1) is 13.3 Å². The van der Waals surface area contributed by atoms with Gasteiger partial charge in [-0.05, 0) is 114 Å². The molecule has 0 bridgehead atoms. The van der Waals surface area contributed by atoms with Crippen LogP contribution in [0.1, 0.15) is 90.6 Å². The van der Waals surface area contributed by atoms with Gasteiger partial charge in [0.2, 0.25) is 0 Å². The first-order chi connectivity index (χ1) is 25.3. The molecule has 3 aromatic rings. The number of halogens is 1. The lowest BCUT2D eigenvalue weighted by molar-refractivity contribution is 0.0427. The van der Waals surface area contributed by atoms with Crippen molar-refractivity contribution in [1.29, 1.82) is 0 Å². The zero-order valence-electron chi connectivity index (χ0n) is 33.0. The highest BCUT2D eigenvalue weighted by molar-refractivity contribution is 6.30. The second kappa shape index (κ2) is 16.4. The van der Waals surface area contributed by atoms with E-state index in [1.807, 2.05) is 24.3 Å². The molecule has 2 heterocycles. The summed E-state index contributed by atoms with van der Waals surface area (Å²) in [5.41, 5.74) is 3.87. The summed E-state index contributed by atoms with van der Waals surface area (Å²) in [5.74, 6) is 0.000677. The third-order valence-electron chi connectivity index (χ3n) is 9.23. The topological polar surface area (TPSA) is 111 Å². The lowest BCUT2D eigenvalue weighted by atomic mass is 9.72. The number of methoxy groups -OCH3 is 1. The van der Waals surface area contributed by atoms with Crippen molar-refractivity contribution < 1.29 is 33.3 Å². The number of benzene rings is 2. The van der Waals surface area contributed by atoms with Crippen LogP contribution in [0.4, 0.5) is 21.1 Å². The van der Waals surface area contributed by atoms with E-state index in [0.717, 1.165) is 61.2 Å². The van der Waals surface area contributed by atoms with Crippen molar-refractivity contribution in [3.63, 3.8) is 0 Å². The maximum Gasteiger partial charge on any atom is 0.425 e. The third-order valence-corrected chi connectivity index (χ3v) is 9.48. The highest BCUT2D eigenvalue weighted by Crippen LogP contribution is 2.43. The maximum atomic E-state index is 13.1. The average molecular weight is 761 g/mol. The number of allylic oxidation sites excluding steroid dienone is 1. The molecule has 2 aliphatic rings. The number of ether oxygens (including phenoxy) is 4. The van der Waals surface area contributed by atoms with Crippen LogP contribution in [0.15, 0.2) is 66.4 Å². The fraction of sp³-hybridized carbons (Fsp3) is 0.476. The molecule has 11 nitrogen and oxygen atoms in total. The van der Waals surface area contributed by atoms with Crippen molar-refractivity contribution in [2.24, 2.45) is 5.41 Å². The van der Waals surface area contributed by atoms with Crippen molar-refractivity contribution in [2.45, 2.75) is 85.9 Å². The van der Waals surface area contributed by atoms with Gasteiger partial charge in [-0.15, -0.1) is 0 Å². The lowest BCUT2D eigenvalue weighted by Crippen LogP contribution is -2.47. The zero-order chi connectivity index (χ0) is 39.4. The Bertz CT molecular complexity index is 1830. The number of nitrogens with zero attached hydrogens (tertiary/aromatic N) is 4. The molecule has 2 aromatic carbocycles. The van der Waals surface area contributed by atoms with Crippen LogP contribution in [-0.2, 0) is 14.2 Å². The number of imide groups is 1. The Labute approximate surface area is 324 Å². The van der Waals surface area contributed by atoms with E-state index < -0.39 is 29.4 Å². The number of pyridine rings is 1. The van der Waals surface area contributed by atoms with Crippen LogP contribution in [0.3, 0.4) is 0 Å². The van der Waals surface area contributed by atoms with E-state index in [1.165, 1.54) is 42.5 Å². The number of carbonyl (C=O) groups is 3. The minimum atomic E-state index is -0.930. The molecule has 1 aliphatic heterocycles. The van der Waals surface area contributed by atoms with E-state index in [-0.39, 0.29) is 28.3 Å². The molecule has 0 spiro atoms. The van der Waals surface area contributed by atoms with Crippen LogP contribution in [0, 0.1) is 5.41 Å². The zero-order valence-corrected chi connectivity index (χ0v) is 33.7. The van der Waals surface area contributed by atoms with Crippen molar-refractivity contribution >= 4 is 46.8 Å². The van der Waals surface area contributed by atoms with Crippen LogP contribution >= 0.6 is 11.6 Å². The standard InChI is InChI=1S/C42H53ClN4O7/c1-40(2,3)53-38(49)47(39(50)54-41(4,5)6)36-17-15-32(26-44-36)52-35-24-31(14-16-33(35)37(48)51-9)46-22-20-45(21-23-46)27-29-18-19-42(7,8)25-34(29)28-10-12-30(43)13-11-28/h10-17,24,26H,18-23,25,27H2,1-9H3. The van der Waals surface area contributed by atoms with E-state index in [0.29, 0.717) is 0 Å². The fourth-order valence-electron chi connectivity index (χ4n) is 6.54. The fourth-order valence-corrected chi connectivity index (χ4v) is 6.66. The number of piperazine rings is 1. The normalized spacial score (nSPS) is 16.4. The molecule has 5 rings (SSSR count). The molecule has 1 aromatic heterocycles. The van der Waals surface area contributed by atoms with E-state index in [2.05, 4.69) is 40.8 Å². The second-order valence-electron chi connectivity index (χ2n) is 16.6. The summed E-state index contributed by atoms with van der Waals surface area (Å²) in [7, 11) is 1.32. The number of hydrogen-bond acceptors (Lipinski definition) is 10. The Morgan fingerprint density at radius 1 is 0.870 bits per heavy atom. The minimum Gasteiger partial charge on any atom is -0.465 e. The number of amides is 2. The van der Waals surface area contributed by atoms with Crippen LogP contribution in [0.2, 0.25) is 5.02 Å². The Morgan fingerprint density at radius 2 is 1.50 bits per heavy atom. The predicted molar refractivity (Wildman–Crippen MR) is 212 cm³/mol. The molecule has 0 saturated carbocycles. The Hall–Kier alpha value is -4.61. The molecule has 0 atom stereocenters. The van der Waals surface area contributed by atoms with E-state index >= 15 is 0 Å². The molecule has 1 aliphatic carbocycles. The predicted octanol–water partition coefficient (Wildman–Crippen LogP) is 9.78. The lowest BCUT2D eigenvalue weighted by Gasteiger charge is -2.39. The van der Waals surface area contributed by atoms with Crippen LogP contribution in [0.25, 0.3) is 5.57 Å². The number of aromatic nitrogens is 1. The molecule has 2 amide bonds. The molecule has 12 heteroatoms. The largest absolute Gasteiger partial charge is 0.465 e. The molecule has 0 N–H and O–H groups in total. The Balaban J connectivity index is 1.32. The van der Waals surface area contributed by atoms with Gasteiger partial charge in [0.1, 0.15) is 34.1 Å². The van der Waals surface area contributed by atoms with Gasteiger partial charge in [0.15, 0.2) is 0 Å². The van der Waals surface area contributed by atoms with Crippen LogP contribution in [0.5, 0.6) is 11.5 Å². The molecule has 54 heavy (non-hydrogen) atoms. The van der Waals surface area contributed by atoms with Crippen molar-refractivity contribution in [1.82, 2.24) is 9.88 Å². The Morgan fingerprint density at radius 3 is 2.06 bits per heavy atom. The molecule has 1 fully saturated rings. The summed E-state index contributed by atoms with van der Waals surface area (Å²) in [6.45, 7) is 19.2. The van der Waals surface area contributed by atoms with E-state index in [4.69, 9.17) is 30.5 Å². The quantitative estimate of drug-likeness (QED) is 0.163. The molecule has 0 unspecified atom stereocenters. The van der Waals surface area contributed by atoms with Crippen molar-refractivity contribution in [3.8, 4) is 11.5 Å². The summed E-state index contributed by atoms with van der Waals surface area (Å²) < 4.78 is 22.2. The summed E-state index contributed by atoms with van der Waals surface area (Å²) >= 11 is 6.22. The summed E-state index contributed by atoms with van der Waals surface area (Å²) in [4.78, 5) is 48.9. The van der Waals surface area contributed by atoms with Gasteiger partial charge in [-0.25, -0.2) is 19.4 Å². The van der Waals surface area contributed by atoms with Gasteiger partial charge >= 0.3 is 18.2 Å². The molecule has 0 radical (unpaired) electrons. The van der Waals surface area contributed by atoms with Crippen molar-refractivity contribution in [2.75, 3.05) is 49.6 Å². The third kappa shape index (κ3) is 10.8. The second-order valence-corrected chi connectivity index (χ2v) is 17.1. The number of hydrogen-bond donors (Lipinski definition) is 0. The number of carbonyl (C=O) groups excluding carboxylic acids is 3. The molecule has 1 saturated heterocycles. The van der Waals surface area contributed by atoms with Gasteiger partial charge in [-0.3, -0.25) is 4.90 Å². The van der Waals surface area contributed by atoms with E-state index in [9.17, 15) is 14.4 Å². The van der Waals surface area contributed by atoms with Crippen molar-refractivity contribution in [3.05, 3.63) is 82.5 Å². The first-order valence-electron chi connectivity index (χ1n) is 18.4. The highest BCUT2D eigenvalue weighted by atomic mass is 35.5. The summed E-state index contributed by atoms with van der Waals surface area (Å²) in [5, 5.41) is 0.747. The van der Waals surface area contributed by atoms with Gasteiger partial charge < -0.3 is 23.8 Å².